The molecule has 1 aliphatic rings. The van der Waals surface area contributed by atoms with Crippen molar-refractivity contribution in [1.29, 1.82) is 0 Å². The van der Waals surface area contributed by atoms with Gasteiger partial charge in [-0.25, -0.2) is 13.4 Å². The number of aromatic nitrogens is 1. The largest absolute Gasteiger partial charge is 0.490 e. The predicted octanol–water partition coefficient (Wildman–Crippen LogP) is 1.30. The van der Waals surface area contributed by atoms with E-state index in [-0.39, 0.29) is 6.10 Å². The van der Waals surface area contributed by atoms with E-state index in [9.17, 15) is 8.42 Å². The molecule has 0 aromatic carbocycles. The number of hydrogen-bond acceptors (Lipinski definition) is 4. The van der Waals surface area contributed by atoms with Crippen molar-refractivity contribution in [3.8, 4) is 5.75 Å². The summed E-state index contributed by atoms with van der Waals surface area (Å²) < 4.78 is 30.2. The molecule has 0 bridgehead atoms. The minimum atomic E-state index is -3.30. The van der Waals surface area contributed by atoms with Crippen LogP contribution in [0.1, 0.15) is 18.4 Å². The summed E-state index contributed by atoms with van der Waals surface area (Å²) in [5.41, 5.74) is 0.722. The van der Waals surface area contributed by atoms with Gasteiger partial charge in [0, 0.05) is 11.8 Å². The summed E-state index contributed by atoms with van der Waals surface area (Å²) in [4.78, 5) is 3.98. The SMILES string of the molecule is Cc1c(OC2CC2)ccnc1NS(C)(=O)=O. The van der Waals surface area contributed by atoms with Crippen molar-refractivity contribution in [3.05, 3.63) is 17.8 Å². The van der Waals surface area contributed by atoms with E-state index in [1.165, 1.54) is 6.20 Å². The van der Waals surface area contributed by atoms with Gasteiger partial charge >= 0.3 is 0 Å². The number of ether oxygens (including phenoxy) is 1. The van der Waals surface area contributed by atoms with Gasteiger partial charge in [0.1, 0.15) is 11.6 Å². The Morgan fingerprint density at radius 1 is 1.50 bits per heavy atom. The minimum Gasteiger partial charge on any atom is -0.490 e. The summed E-state index contributed by atoms with van der Waals surface area (Å²) in [5.74, 6) is 1.03. The first kappa shape index (κ1) is 11.2. The zero-order valence-corrected chi connectivity index (χ0v) is 10.0. The molecule has 1 N–H and O–H groups in total. The molecule has 0 aliphatic heterocycles. The van der Waals surface area contributed by atoms with Gasteiger partial charge in [0.15, 0.2) is 0 Å². The van der Waals surface area contributed by atoms with Gasteiger partial charge < -0.3 is 4.74 Å². The molecule has 1 saturated carbocycles. The van der Waals surface area contributed by atoms with E-state index < -0.39 is 10.0 Å². The van der Waals surface area contributed by atoms with Crippen LogP contribution in [0.25, 0.3) is 0 Å². The highest BCUT2D eigenvalue weighted by Crippen LogP contribution is 2.31. The molecule has 1 aliphatic carbocycles. The Bertz CT molecular complexity index is 495. The van der Waals surface area contributed by atoms with Crippen LogP contribution in [-0.2, 0) is 10.0 Å². The zero-order chi connectivity index (χ0) is 11.8. The van der Waals surface area contributed by atoms with Gasteiger partial charge in [0.2, 0.25) is 10.0 Å². The Kier molecular flexibility index (Phi) is 2.75. The fourth-order valence-corrected chi connectivity index (χ4v) is 1.85. The fraction of sp³-hybridized carbons (Fsp3) is 0.500. The number of pyridine rings is 1. The lowest BCUT2D eigenvalue weighted by Gasteiger charge is -2.11. The van der Waals surface area contributed by atoms with Crippen LogP contribution in [-0.4, -0.2) is 25.8 Å². The van der Waals surface area contributed by atoms with Crippen molar-refractivity contribution in [2.45, 2.75) is 25.9 Å². The maximum absolute atomic E-state index is 11.1. The molecule has 0 radical (unpaired) electrons. The Morgan fingerprint density at radius 3 is 2.75 bits per heavy atom. The first-order valence-electron chi connectivity index (χ1n) is 5.06. The van der Waals surface area contributed by atoms with Crippen LogP contribution < -0.4 is 9.46 Å². The van der Waals surface area contributed by atoms with Crippen molar-refractivity contribution in [1.82, 2.24) is 4.98 Å². The van der Waals surface area contributed by atoms with Crippen LogP contribution in [0, 0.1) is 6.92 Å². The standard InChI is InChI=1S/C10H14N2O3S/c1-7-9(15-8-3-4-8)5-6-11-10(7)12-16(2,13)14/h5-6,8H,3-4H2,1-2H3,(H,11,12). The smallest absolute Gasteiger partial charge is 0.230 e. The van der Waals surface area contributed by atoms with E-state index in [4.69, 9.17) is 4.74 Å². The van der Waals surface area contributed by atoms with Crippen LogP contribution in [0.4, 0.5) is 5.82 Å². The van der Waals surface area contributed by atoms with Crippen LogP contribution >= 0.6 is 0 Å². The molecule has 0 unspecified atom stereocenters. The van der Waals surface area contributed by atoms with E-state index in [0.29, 0.717) is 11.6 Å². The molecule has 0 spiro atoms. The predicted molar refractivity (Wildman–Crippen MR) is 61.1 cm³/mol. The summed E-state index contributed by atoms with van der Waals surface area (Å²) in [6.07, 6.45) is 5.06. The van der Waals surface area contributed by atoms with Crippen molar-refractivity contribution < 1.29 is 13.2 Å². The molecule has 1 aromatic rings. The number of nitrogens with one attached hydrogen (secondary N) is 1. The molecule has 0 saturated heterocycles. The Balaban J connectivity index is 2.24. The highest BCUT2D eigenvalue weighted by Gasteiger charge is 2.24. The van der Waals surface area contributed by atoms with Crippen molar-refractivity contribution in [2.75, 3.05) is 11.0 Å². The number of hydrogen-bond donors (Lipinski definition) is 1. The van der Waals surface area contributed by atoms with Gasteiger partial charge in [-0.1, -0.05) is 0 Å². The number of sulfonamides is 1. The maximum Gasteiger partial charge on any atom is 0.230 e. The summed E-state index contributed by atoms with van der Waals surface area (Å²) in [6.45, 7) is 1.79. The first-order chi connectivity index (χ1) is 7.46. The second-order valence-corrected chi connectivity index (χ2v) is 5.72. The van der Waals surface area contributed by atoms with E-state index in [1.807, 2.05) is 0 Å². The van der Waals surface area contributed by atoms with Gasteiger partial charge in [-0.05, 0) is 25.8 Å². The van der Waals surface area contributed by atoms with Crippen molar-refractivity contribution in [3.63, 3.8) is 0 Å². The Hall–Kier alpha value is -1.30. The molecule has 1 fully saturated rings. The molecule has 0 atom stereocenters. The fourth-order valence-electron chi connectivity index (χ4n) is 1.29. The van der Waals surface area contributed by atoms with Gasteiger partial charge in [-0.15, -0.1) is 0 Å². The number of rotatable bonds is 4. The lowest BCUT2D eigenvalue weighted by Crippen LogP contribution is -2.12. The monoisotopic (exact) mass is 242 g/mol. The van der Waals surface area contributed by atoms with E-state index in [0.717, 1.165) is 24.7 Å². The second-order valence-electron chi connectivity index (χ2n) is 3.97. The number of nitrogens with zero attached hydrogens (tertiary/aromatic N) is 1. The van der Waals surface area contributed by atoms with Crippen molar-refractivity contribution >= 4 is 15.8 Å². The molecular weight excluding hydrogens is 228 g/mol. The Morgan fingerprint density at radius 2 is 2.19 bits per heavy atom. The Labute approximate surface area is 94.9 Å². The van der Waals surface area contributed by atoms with Crippen LogP contribution in [0.5, 0.6) is 5.75 Å². The molecule has 6 heteroatoms. The lowest BCUT2D eigenvalue weighted by molar-refractivity contribution is 0.301. The summed E-state index contributed by atoms with van der Waals surface area (Å²) in [6, 6.07) is 1.75. The molecule has 1 aromatic heterocycles. The molecule has 1 heterocycles. The van der Waals surface area contributed by atoms with Crippen molar-refractivity contribution in [2.24, 2.45) is 0 Å². The minimum absolute atomic E-state index is 0.284. The lowest BCUT2D eigenvalue weighted by atomic mass is 10.2. The second kappa shape index (κ2) is 3.93. The third-order valence-corrected chi connectivity index (χ3v) is 2.82. The van der Waals surface area contributed by atoms with Gasteiger partial charge in [0.05, 0.1) is 12.4 Å². The van der Waals surface area contributed by atoms with E-state index in [1.54, 1.807) is 13.0 Å². The molecule has 5 nitrogen and oxygen atoms in total. The van der Waals surface area contributed by atoms with E-state index in [2.05, 4.69) is 9.71 Å². The number of anilines is 1. The summed E-state index contributed by atoms with van der Waals surface area (Å²) in [5, 5.41) is 0. The van der Waals surface area contributed by atoms with Gasteiger partial charge in [0.25, 0.3) is 0 Å². The normalized spacial score (nSPS) is 15.9. The summed E-state index contributed by atoms with van der Waals surface area (Å²) in [7, 11) is -3.30. The summed E-state index contributed by atoms with van der Waals surface area (Å²) >= 11 is 0. The molecule has 2 rings (SSSR count). The highest BCUT2D eigenvalue weighted by molar-refractivity contribution is 7.92. The third-order valence-electron chi connectivity index (χ3n) is 2.25. The first-order valence-corrected chi connectivity index (χ1v) is 6.95. The third kappa shape index (κ3) is 2.85. The molecule has 88 valence electrons. The molecule has 16 heavy (non-hydrogen) atoms. The van der Waals surface area contributed by atoms with Crippen LogP contribution in [0.15, 0.2) is 12.3 Å². The van der Waals surface area contributed by atoms with Gasteiger partial charge in [-0.2, -0.15) is 0 Å². The molecule has 0 amide bonds. The van der Waals surface area contributed by atoms with E-state index >= 15 is 0 Å². The van der Waals surface area contributed by atoms with Gasteiger partial charge in [-0.3, -0.25) is 4.72 Å². The topological polar surface area (TPSA) is 68.3 Å². The average molecular weight is 242 g/mol. The maximum atomic E-state index is 11.1. The highest BCUT2D eigenvalue weighted by atomic mass is 32.2. The van der Waals surface area contributed by atoms with Crippen LogP contribution in [0.3, 0.4) is 0 Å². The van der Waals surface area contributed by atoms with Crippen LogP contribution in [0.2, 0.25) is 0 Å². The average Bonchev–Trinajstić information content (AvgIpc) is 2.93. The quantitative estimate of drug-likeness (QED) is 0.864. The molecular formula is C10H14N2O3S. The zero-order valence-electron chi connectivity index (χ0n) is 9.23.